The number of rotatable bonds is 7. The molecule has 1 atom stereocenters. The first kappa shape index (κ1) is 21.0. The highest BCUT2D eigenvalue weighted by Crippen LogP contribution is 2.19. The number of esters is 1. The Hall–Kier alpha value is -2.31. The third-order valence-electron chi connectivity index (χ3n) is 4.40. The first-order chi connectivity index (χ1) is 13.0. The number of piperidine rings is 1. The van der Waals surface area contributed by atoms with Crippen molar-refractivity contribution in [1.29, 1.82) is 0 Å². The lowest BCUT2D eigenvalue weighted by molar-refractivity contribution is -0.149. The third kappa shape index (κ3) is 6.73. The van der Waals surface area contributed by atoms with Crippen molar-refractivity contribution in [2.24, 2.45) is 10.9 Å². The van der Waals surface area contributed by atoms with Gasteiger partial charge in [0.1, 0.15) is 17.7 Å². The van der Waals surface area contributed by atoms with E-state index in [4.69, 9.17) is 9.47 Å². The molecule has 1 fully saturated rings. The minimum absolute atomic E-state index is 0.0233. The lowest BCUT2D eigenvalue weighted by atomic mass is 9.97. The zero-order valence-electron chi connectivity index (χ0n) is 16.4. The van der Waals surface area contributed by atoms with Gasteiger partial charge >= 0.3 is 5.97 Å². The molecule has 1 N–H and O–H groups in total. The van der Waals surface area contributed by atoms with Gasteiger partial charge in [-0.05, 0) is 57.9 Å². The highest BCUT2D eigenvalue weighted by atomic mass is 19.1. The maximum absolute atomic E-state index is 13.0. The molecule has 1 unspecified atom stereocenters. The number of ether oxygens (including phenoxy) is 2. The maximum Gasteiger partial charge on any atom is 0.309 e. The number of halogens is 1. The van der Waals surface area contributed by atoms with Gasteiger partial charge in [-0.15, -0.1) is 0 Å². The second-order valence-electron chi connectivity index (χ2n) is 6.59. The van der Waals surface area contributed by atoms with Crippen molar-refractivity contribution >= 4 is 11.9 Å². The molecule has 0 amide bonds. The van der Waals surface area contributed by atoms with Crippen LogP contribution in [0.5, 0.6) is 5.75 Å². The quantitative estimate of drug-likeness (QED) is 0.448. The average Bonchev–Trinajstić information content (AvgIpc) is 2.67. The van der Waals surface area contributed by atoms with E-state index in [1.54, 1.807) is 12.1 Å². The van der Waals surface area contributed by atoms with Gasteiger partial charge in [-0.1, -0.05) is 0 Å². The molecule has 0 saturated carbocycles. The van der Waals surface area contributed by atoms with E-state index in [-0.39, 0.29) is 23.8 Å². The number of hydrogen-bond donors (Lipinski definition) is 1. The van der Waals surface area contributed by atoms with Gasteiger partial charge in [-0.25, -0.2) is 9.38 Å². The van der Waals surface area contributed by atoms with E-state index in [9.17, 15) is 9.18 Å². The van der Waals surface area contributed by atoms with Gasteiger partial charge in [0.25, 0.3) is 0 Å². The molecule has 1 saturated heterocycles. The Morgan fingerprint density at radius 3 is 2.56 bits per heavy atom. The summed E-state index contributed by atoms with van der Waals surface area (Å²) in [5.41, 5.74) is 0. The molecule has 1 aromatic carbocycles. The minimum Gasteiger partial charge on any atom is -0.489 e. The molecule has 0 bridgehead atoms. The molecule has 0 aliphatic carbocycles. The number of nitrogens with one attached hydrogen (secondary N) is 1. The largest absolute Gasteiger partial charge is 0.489 e. The number of nitrogens with zero attached hydrogens (tertiary/aromatic N) is 2. The minimum atomic E-state index is -0.284. The molecule has 2 rings (SSSR count). The van der Waals surface area contributed by atoms with Crippen LogP contribution in [0.4, 0.5) is 4.39 Å². The summed E-state index contributed by atoms with van der Waals surface area (Å²) in [6, 6.07) is 5.98. The molecule has 7 heteroatoms. The molecule has 0 spiro atoms. The van der Waals surface area contributed by atoms with Gasteiger partial charge in [0.2, 0.25) is 0 Å². The van der Waals surface area contributed by atoms with E-state index in [1.165, 1.54) is 12.1 Å². The second kappa shape index (κ2) is 10.7. The summed E-state index contributed by atoms with van der Waals surface area (Å²) in [6.07, 6.45) is 1.40. The van der Waals surface area contributed by atoms with Crippen molar-refractivity contribution in [2.45, 2.75) is 39.7 Å². The number of guanidine groups is 1. The van der Waals surface area contributed by atoms with Gasteiger partial charge in [0.15, 0.2) is 5.96 Å². The Balaban J connectivity index is 1.88. The second-order valence-corrected chi connectivity index (χ2v) is 6.59. The molecule has 6 nitrogen and oxygen atoms in total. The molecule has 1 aliphatic heterocycles. The third-order valence-corrected chi connectivity index (χ3v) is 4.40. The summed E-state index contributed by atoms with van der Waals surface area (Å²) < 4.78 is 23.9. The van der Waals surface area contributed by atoms with Crippen LogP contribution in [0.2, 0.25) is 0 Å². The lowest BCUT2D eigenvalue weighted by Crippen LogP contribution is -2.47. The first-order valence-corrected chi connectivity index (χ1v) is 9.65. The molecule has 1 heterocycles. The number of carbonyl (C=O) groups is 1. The number of hydrogen-bond acceptors (Lipinski definition) is 4. The predicted octanol–water partition coefficient (Wildman–Crippen LogP) is 2.83. The molecular formula is C20H30FN3O3. The smallest absolute Gasteiger partial charge is 0.309 e. The monoisotopic (exact) mass is 379 g/mol. The Kier molecular flexibility index (Phi) is 8.36. The standard InChI is InChI=1S/C20H30FN3O3/c1-4-22-20(24-12-10-16(11-13-24)19(25)26-5-2)23-14-15(3)27-18-8-6-17(21)7-9-18/h6-9,15-16H,4-5,10-14H2,1-3H3,(H,22,23). The molecule has 1 aliphatic rings. The fourth-order valence-corrected chi connectivity index (χ4v) is 3.01. The van der Waals surface area contributed by atoms with Crippen LogP contribution >= 0.6 is 0 Å². The van der Waals surface area contributed by atoms with Crippen LogP contribution < -0.4 is 10.1 Å². The van der Waals surface area contributed by atoms with E-state index >= 15 is 0 Å². The first-order valence-electron chi connectivity index (χ1n) is 9.65. The Labute approximate surface area is 160 Å². The van der Waals surface area contributed by atoms with Crippen LogP contribution in [0.25, 0.3) is 0 Å². The molecule has 1 aromatic rings. The highest BCUT2D eigenvalue weighted by molar-refractivity contribution is 5.80. The zero-order valence-corrected chi connectivity index (χ0v) is 16.4. The Morgan fingerprint density at radius 1 is 1.30 bits per heavy atom. The van der Waals surface area contributed by atoms with Crippen LogP contribution in [-0.2, 0) is 9.53 Å². The number of benzene rings is 1. The van der Waals surface area contributed by atoms with Crippen LogP contribution in [-0.4, -0.2) is 55.7 Å². The Bertz CT molecular complexity index is 613. The summed E-state index contributed by atoms with van der Waals surface area (Å²) >= 11 is 0. The van der Waals surface area contributed by atoms with E-state index in [0.717, 1.165) is 38.4 Å². The van der Waals surface area contributed by atoms with Crippen molar-refractivity contribution in [1.82, 2.24) is 10.2 Å². The van der Waals surface area contributed by atoms with Crippen LogP contribution in [0.3, 0.4) is 0 Å². The van der Waals surface area contributed by atoms with E-state index < -0.39 is 0 Å². The lowest BCUT2D eigenvalue weighted by Gasteiger charge is -2.33. The van der Waals surface area contributed by atoms with E-state index in [2.05, 4.69) is 15.2 Å². The van der Waals surface area contributed by atoms with Gasteiger partial charge in [0, 0.05) is 19.6 Å². The molecule has 27 heavy (non-hydrogen) atoms. The molecular weight excluding hydrogens is 349 g/mol. The van der Waals surface area contributed by atoms with Gasteiger partial charge in [-0.3, -0.25) is 4.79 Å². The predicted molar refractivity (Wildman–Crippen MR) is 103 cm³/mol. The highest BCUT2D eigenvalue weighted by Gasteiger charge is 2.27. The SMILES string of the molecule is CCNC(=NCC(C)Oc1ccc(F)cc1)N1CCC(C(=O)OCC)CC1. The van der Waals surface area contributed by atoms with Gasteiger partial charge in [-0.2, -0.15) is 0 Å². The zero-order chi connectivity index (χ0) is 19.6. The number of likely N-dealkylation sites (tertiary alicyclic amines) is 1. The number of carbonyl (C=O) groups excluding carboxylic acids is 1. The molecule has 150 valence electrons. The van der Waals surface area contributed by atoms with Crippen molar-refractivity contribution in [3.63, 3.8) is 0 Å². The van der Waals surface area contributed by atoms with Crippen molar-refractivity contribution in [2.75, 3.05) is 32.8 Å². The van der Waals surface area contributed by atoms with Crippen molar-refractivity contribution < 1.29 is 18.7 Å². The summed E-state index contributed by atoms with van der Waals surface area (Å²) in [5.74, 6) is 1.05. The summed E-state index contributed by atoms with van der Waals surface area (Å²) in [5, 5.41) is 3.30. The van der Waals surface area contributed by atoms with Crippen molar-refractivity contribution in [3.05, 3.63) is 30.1 Å². The van der Waals surface area contributed by atoms with Crippen LogP contribution in [0.15, 0.2) is 29.3 Å². The van der Waals surface area contributed by atoms with E-state index in [0.29, 0.717) is 18.9 Å². The van der Waals surface area contributed by atoms with Gasteiger partial charge < -0.3 is 19.7 Å². The fourth-order valence-electron chi connectivity index (χ4n) is 3.01. The van der Waals surface area contributed by atoms with Crippen LogP contribution in [0, 0.1) is 11.7 Å². The van der Waals surface area contributed by atoms with Crippen molar-refractivity contribution in [3.8, 4) is 5.75 Å². The van der Waals surface area contributed by atoms with E-state index in [1.807, 2.05) is 20.8 Å². The molecule has 0 radical (unpaired) electrons. The Morgan fingerprint density at radius 2 is 1.96 bits per heavy atom. The summed E-state index contributed by atoms with van der Waals surface area (Å²) in [6.45, 7) is 9.00. The fraction of sp³-hybridized carbons (Fsp3) is 0.600. The average molecular weight is 379 g/mol. The maximum atomic E-state index is 13.0. The van der Waals surface area contributed by atoms with Gasteiger partial charge in [0.05, 0.1) is 19.1 Å². The summed E-state index contributed by atoms with van der Waals surface area (Å²) in [4.78, 5) is 18.7. The number of aliphatic imine (C=N–C) groups is 1. The van der Waals surface area contributed by atoms with Crippen LogP contribution in [0.1, 0.15) is 33.6 Å². The normalized spacial score (nSPS) is 16.7. The summed E-state index contributed by atoms with van der Waals surface area (Å²) in [7, 11) is 0. The topological polar surface area (TPSA) is 63.2 Å². The molecule has 0 aromatic heterocycles.